The van der Waals surface area contributed by atoms with E-state index in [0.717, 1.165) is 36.8 Å². The molecule has 4 rings (SSSR count). The second-order valence-corrected chi connectivity index (χ2v) is 6.38. The Bertz CT molecular complexity index is 843. The summed E-state index contributed by atoms with van der Waals surface area (Å²) in [5, 5.41) is 2.44. The average molecular weight is 344 g/mol. The van der Waals surface area contributed by atoms with E-state index in [1.165, 1.54) is 16.3 Å². The van der Waals surface area contributed by atoms with E-state index in [0.29, 0.717) is 0 Å². The van der Waals surface area contributed by atoms with E-state index in [4.69, 9.17) is 9.15 Å². The molecule has 1 aromatic heterocycles. The molecule has 4 heteroatoms. The van der Waals surface area contributed by atoms with Crippen LogP contribution in [0.3, 0.4) is 0 Å². The SMILES string of the molecule is Cc1cc2c(o1)CN(C)CCC2Oc1ccc2ccccc2c1.Cl. The lowest BCUT2D eigenvalue weighted by molar-refractivity contribution is 0.183. The van der Waals surface area contributed by atoms with Crippen LogP contribution in [-0.4, -0.2) is 18.5 Å². The Morgan fingerprint density at radius 3 is 2.71 bits per heavy atom. The maximum atomic E-state index is 6.34. The summed E-state index contributed by atoms with van der Waals surface area (Å²) in [5.74, 6) is 2.91. The Kier molecular flexibility index (Phi) is 4.83. The molecule has 126 valence electrons. The first-order valence-electron chi connectivity index (χ1n) is 8.12. The second kappa shape index (κ2) is 6.88. The van der Waals surface area contributed by atoms with Crippen molar-refractivity contribution in [3.05, 3.63) is 65.6 Å². The van der Waals surface area contributed by atoms with Crippen LogP contribution in [0, 0.1) is 6.92 Å². The van der Waals surface area contributed by atoms with Gasteiger partial charge in [0.05, 0.1) is 6.54 Å². The third-order valence-corrected chi connectivity index (χ3v) is 4.50. The number of benzene rings is 2. The highest BCUT2D eigenvalue weighted by atomic mass is 35.5. The summed E-state index contributed by atoms with van der Waals surface area (Å²) in [7, 11) is 2.13. The molecule has 0 aliphatic carbocycles. The van der Waals surface area contributed by atoms with Gasteiger partial charge in [0.1, 0.15) is 23.4 Å². The number of aryl methyl sites for hydroxylation is 1. The Labute approximate surface area is 148 Å². The largest absolute Gasteiger partial charge is 0.486 e. The van der Waals surface area contributed by atoms with Gasteiger partial charge in [-0.25, -0.2) is 0 Å². The topological polar surface area (TPSA) is 25.6 Å². The fraction of sp³-hybridized carbons (Fsp3) is 0.300. The molecular weight excluding hydrogens is 322 g/mol. The van der Waals surface area contributed by atoms with Gasteiger partial charge in [-0.2, -0.15) is 0 Å². The summed E-state index contributed by atoms with van der Waals surface area (Å²) in [6, 6.07) is 16.8. The van der Waals surface area contributed by atoms with Crippen molar-refractivity contribution in [2.24, 2.45) is 0 Å². The molecule has 0 saturated carbocycles. The standard InChI is InChI=1S/C20H21NO2.ClH/c1-14-11-18-19(9-10-21(2)13-20(18)22-14)23-17-8-7-15-5-3-4-6-16(15)12-17;/h3-8,11-12,19H,9-10,13H2,1-2H3;1H. The molecule has 0 fully saturated rings. The molecule has 2 heterocycles. The number of furan rings is 1. The summed E-state index contributed by atoms with van der Waals surface area (Å²) in [4.78, 5) is 2.28. The number of nitrogens with zero attached hydrogens (tertiary/aromatic N) is 1. The van der Waals surface area contributed by atoms with E-state index in [2.05, 4.69) is 60.5 Å². The first-order chi connectivity index (χ1) is 11.2. The molecule has 0 saturated heterocycles. The number of ether oxygens (including phenoxy) is 1. The highest BCUT2D eigenvalue weighted by Gasteiger charge is 2.25. The van der Waals surface area contributed by atoms with Crippen molar-refractivity contribution in [3.63, 3.8) is 0 Å². The van der Waals surface area contributed by atoms with Gasteiger partial charge < -0.3 is 9.15 Å². The maximum Gasteiger partial charge on any atom is 0.128 e. The van der Waals surface area contributed by atoms with E-state index >= 15 is 0 Å². The zero-order chi connectivity index (χ0) is 15.8. The third kappa shape index (κ3) is 3.28. The second-order valence-electron chi connectivity index (χ2n) is 6.38. The van der Waals surface area contributed by atoms with Gasteiger partial charge in [-0.1, -0.05) is 30.3 Å². The van der Waals surface area contributed by atoms with Crippen LogP contribution in [0.15, 0.2) is 52.9 Å². The number of hydrogen-bond donors (Lipinski definition) is 0. The highest BCUT2D eigenvalue weighted by molar-refractivity contribution is 5.85. The normalized spacial score (nSPS) is 17.8. The minimum atomic E-state index is 0. The molecule has 1 aliphatic rings. The van der Waals surface area contributed by atoms with Crippen LogP contribution in [0.1, 0.15) is 29.6 Å². The van der Waals surface area contributed by atoms with Crippen molar-refractivity contribution in [2.75, 3.05) is 13.6 Å². The van der Waals surface area contributed by atoms with Gasteiger partial charge >= 0.3 is 0 Å². The van der Waals surface area contributed by atoms with E-state index in [1.807, 2.05) is 6.92 Å². The lowest BCUT2D eigenvalue weighted by Gasteiger charge is -2.18. The Hall–Kier alpha value is -1.97. The average Bonchev–Trinajstić information content (AvgIpc) is 2.85. The van der Waals surface area contributed by atoms with E-state index in [9.17, 15) is 0 Å². The van der Waals surface area contributed by atoms with Gasteiger partial charge in [0.15, 0.2) is 0 Å². The fourth-order valence-corrected chi connectivity index (χ4v) is 3.32. The molecule has 3 aromatic rings. The molecule has 0 spiro atoms. The van der Waals surface area contributed by atoms with E-state index in [1.54, 1.807) is 0 Å². The number of fused-ring (bicyclic) bond motifs is 2. The monoisotopic (exact) mass is 343 g/mol. The molecule has 0 radical (unpaired) electrons. The third-order valence-electron chi connectivity index (χ3n) is 4.50. The van der Waals surface area contributed by atoms with Crippen LogP contribution in [0.4, 0.5) is 0 Å². The van der Waals surface area contributed by atoms with Crippen LogP contribution in [0.2, 0.25) is 0 Å². The zero-order valence-corrected chi connectivity index (χ0v) is 14.8. The Balaban J connectivity index is 0.00000169. The molecule has 0 amide bonds. The van der Waals surface area contributed by atoms with Gasteiger partial charge in [0, 0.05) is 18.5 Å². The van der Waals surface area contributed by atoms with Crippen LogP contribution >= 0.6 is 12.4 Å². The molecule has 1 aliphatic heterocycles. The van der Waals surface area contributed by atoms with Crippen LogP contribution in [-0.2, 0) is 6.54 Å². The smallest absolute Gasteiger partial charge is 0.128 e. The molecule has 2 aromatic carbocycles. The molecule has 1 atom stereocenters. The van der Waals surface area contributed by atoms with Crippen molar-refractivity contribution in [1.29, 1.82) is 0 Å². The van der Waals surface area contributed by atoms with Crippen LogP contribution in [0.25, 0.3) is 10.8 Å². The summed E-state index contributed by atoms with van der Waals surface area (Å²) in [6.45, 7) is 3.85. The lowest BCUT2D eigenvalue weighted by atomic mass is 10.1. The van der Waals surface area contributed by atoms with Crippen molar-refractivity contribution in [2.45, 2.75) is 26.0 Å². The quantitative estimate of drug-likeness (QED) is 0.646. The Morgan fingerprint density at radius 2 is 1.88 bits per heavy atom. The summed E-state index contributed by atoms with van der Waals surface area (Å²) >= 11 is 0. The fourth-order valence-electron chi connectivity index (χ4n) is 3.32. The lowest BCUT2D eigenvalue weighted by Crippen LogP contribution is -2.18. The number of rotatable bonds is 2. The van der Waals surface area contributed by atoms with Gasteiger partial charge in [0.25, 0.3) is 0 Å². The van der Waals surface area contributed by atoms with Crippen molar-refractivity contribution in [1.82, 2.24) is 4.90 Å². The molecular formula is C20H22ClNO2. The van der Waals surface area contributed by atoms with Gasteiger partial charge in [-0.15, -0.1) is 12.4 Å². The van der Waals surface area contributed by atoms with Gasteiger partial charge in [-0.05, 0) is 42.9 Å². The first kappa shape index (κ1) is 16.9. The molecule has 1 unspecified atom stereocenters. The molecule has 3 nitrogen and oxygen atoms in total. The summed E-state index contributed by atoms with van der Waals surface area (Å²) in [5.41, 5.74) is 1.19. The number of halogens is 1. The molecule has 0 N–H and O–H groups in total. The minimum absolute atomic E-state index is 0. The van der Waals surface area contributed by atoms with E-state index in [-0.39, 0.29) is 18.5 Å². The van der Waals surface area contributed by atoms with Crippen molar-refractivity contribution >= 4 is 23.2 Å². The first-order valence-corrected chi connectivity index (χ1v) is 8.12. The predicted molar refractivity (Wildman–Crippen MR) is 99.0 cm³/mol. The highest BCUT2D eigenvalue weighted by Crippen LogP contribution is 2.33. The van der Waals surface area contributed by atoms with Crippen LogP contribution < -0.4 is 4.74 Å². The van der Waals surface area contributed by atoms with Crippen LogP contribution in [0.5, 0.6) is 5.75 Å². The van der Waals surface area contributed by atoms with E-state index < -0.39 is 0 Å². The predicted octanol–water partition coefficient (Wildman–Crippen LogP) is 5.12. The Morgan fingerprint density at radius 1 is 1.08 bits per heavy atom. The van der Waals surface area contributed by atoms with Crippen molar-refractivity contribution < 1.29 is 9.15 Å². The maximum absolute atomic E-state index is 6.34. The van der Waals surface area contributed by atoms with Crippen molar-refractivity contribution in [3.8, 4) is 5.75 Å². The summed E-state index contributed by atoms with van der Waals surface area (Å²) in [6.07, 6.45) is 1.02. The molecule has 0 bridgehead atoms. The summed E-state index contributed by atoms with van der Waals surface area (Å²) < 4.78 is 12.2. The molecule has 24 heavy (non-hydrogen) atoms. The minimum Gasteiger partial charge on any atom is -0.486 e. The zero-order valence-electron chi connectivity index (χ0n) is 14.0. The van der Waals surface area contributed by atoms with Gasteiger partial charge in [-0.3, -0.25) is 4.90 Å². The van der Waals surface area contributed by atoms with Gasteiger partial charge in [0.2, 0.25) is 0 Å². The number of hydrogen-bond acceptors (Lipinski definition) is 3.